The van der Waals surface area contributed by atoms with Crippen LogP contribution in [0.15, 0.2) is 30.5 Å². The van der Waals surface area contributed by atoms with Gasteiger partial charge in [-0.05, 0) is 31.0 Å². The zero-order valence-corrected chi connectivity index (χ0v) is 13.0. The van der Waals surface area contributed by atoms with Gasteiger partial charge < -0.3 is 10.1 Å². The Balaban J connectivity index is 0.000000541. The molecule has 2 rings (SSSR count). The van der Waals surface area contributed by atoms with E-state index in [4.69, 9.17) is 9.53 Å². The molecule has 0 atom stereocenters. The number of hydrogen-bond donors (Lipinski definition) is 3. The van der Waals surface area contributed by atoms with Gasteiger partial charge in [0, 0.05) is 24.4 Å². The van der Waals surface area contributed by atoms with Crippen LogP contribution >= 0.6 is 0 Å². The van der Waals surface area contributed by atoms with Crippen molar-refractivity contribution < 1.29 is 9.53 Å². The topological polar surface area (TPSA) is 102 Å². The number of ether oxygens (including phenoxy) is 1. The van der Waals surface area contributed by atoms with Gasteiger partial charge in [0.2, 0.25) is 12.3 Å². The van der Waals surface area contributed by atoms with Crippen LogP contribution in [0.4, 0.5) is 5.69 Å². The molecule has 0 saturated carbocycles. The van der Waals surface area contributed by atoms with Crippen LogP contribution in [0.3, 0.4) is 0 Å². The predicted molar refractivity (Wildman–Crippen MR) is 85.2 cm³/mol. The lowest BCUT2D eigenvalue weighted by Crippen LogP contribution is -2.18. The average Bonchev–Trinajstić information content (AvgIpc) is 2.53. The minimum Gasteiger partial charge on any atom is -0.472 e. The second-order valence-electron chi connectivity index (χ2n) is 4.50. The van der Waals surface area contributed by atoms with Crippen LogP contribution in [0.2, 0.25) is 0 Å². The van der Waals surface area contributed by atoms with Crippen LogP contribution in [0, 0.1) is 13.8 Å². The van der Waals surface area contributed by atoms with Gasteiger partial charge in [0.15, 0.2) is 0 Å². The summed E-state index contributed by atoms with van der Waals surface area (Å²) in [6, 6.07) is 8.01. The zero-order valence-electron chi connectivity index (χ0n) is 13.0. The van der Waals surface area contributed by atoms with E-state index in [1.54, 1.807) is 11.6 Å². The number of carbonyl (C=O) groups excluding carboxylic acids is 1. The Kier molecular flexibility index (Phi) is 7.35. The Bertz CT molecular complexity index is 604. The highest BCUT2D eigenvalue weighted by atomic mass is 16.5. The standard InChI is InChI=1S/C14H17N3O.CH4N2O/c1-10-7-14(17-16-8-10)18-9-12-11(2)5-4-6-13(12)15-3;2-3-1-4/h4-8,15H,9H2,1-3H3;1H,2H2,(H,3,4). The summed E-state index contributed by atoms with van der Waals surface area (Å²) in [6.07, 6.45) is 2.11. The molecule has 4 N–H and O–H groups in total. The minimum atomic E-state index is 0.403. The van der Waals surface area contributed by atoms with Crippen LogP contribution in [0.1, 0.15) is 16.7 Å². The van der Waals surface area contributed by atoms with E-state index < -0.39 is 0 Å². The highest BCUT2D eigenvalue weighted by Crippen LogP contribution is 2.20. The Morgan fingerprint density at radius 3 is 2.68 bits per heavy atom. The third kappa shape index (κ3) is 5.37. The normalized spacial score (nSPS) is 9.27. The third-order valence-corrected chi connectivity index (χ3v) is 2.88. The van der Waals surface area contributed by atoms with Crippen LogP contribution in [-0.4, -0.2) is 23.7 Å². The molecule has 0 aliphatic heterocycles. The maximum atomic E-state index is 8.94. The first-order valence-electron chi connectivity index (χ1n) is 6.70. The van der Waals surface area contributed by atoms with Crippen molar-refractivity contribution in [1.29, 1.82) is 0 Å². The van der Waals surface area contributed by atoms with Crippen molar-refractivity contribution >= 4 is 12.1 Å². The van der Waals surface area contributed by atoms with E-state index in [-0.39, 0.29) is 0 Å². The number of anilines is 1. The second kappa shape index (κ2) is 9.30. The van der Waals surface area contributed by atoms with Crippen molar-refractivity contribution in [3.8, 4) is 5.88 Å². The molecule has 2 aromatic rings. The quantitative estimate of drug-likeness (QED) is 0.333. The van der Waals surface area contributed by atoms with E-state index in [2.05, 4.69) is 34.3 Å². The fourth-order valence-corrected chi connectivity index (χ4v) is 1.78. The molecule has 0 saturated heterocycles. The highest BCUT2D eigenvalue weighted by molar-refractivity contribution is 5.53. The first-order valence-corrected chi connectivity index (χ1v) is 6.70. The number of nitrogens with two attached hydrogens (primary N) is 1. The molecule has 0 bridgehead atoms. The molecular formula is C15H21N5O2. The van der Waals surface area contributed by atoms with E-state index in [1.165, 1.54) is 5.56 Å². The molecule has 22 heavy (non-hydrogen) atoms. The maximum Gasteiger partial charge on any atom is 0.233 e. The summed E-state index contributed by atoms with van der Waals surface area (Å²) in [5, 5.41) is 11.0. The first-order chi connectivity index (χ1) is 10.6. The van der Waals surface area contributed by atoms with Gasteiger partial charge in [-0.1, -0.05) is 12.1 Å². The number of nitrogens with one attached hydrogen (secondary N) is 2. The van der Waals surface area contributed by atoms with E-state index in [9.17, 15) is 0 Å². The fourth-order valence-electron chi connectivity index (χ4n) is 1.78. The van der Waals surface area contributed by atoms with E-state index in [1.807, 2.05) is 32.2 Å². The van der Waals surface area contributed by atoms with Gasteiger partial charge >= 0.3 is 0 Å². The molecule has 0 radical (unpaired) electrons. The largest absolute Gasteiger partial charge is 0.472 e. The van der Waals surface area contributed by atoms with Crippen LogP contribution in [0.25, 0.3) is 0 Å². The summed E-state index contributed by atoms with van der Waals surface area (Å²) >= 11 is 0. The lowest BCUT2D eigenvalue weighted by Gasteiger charge is -2.12. The first kappa shape index (κ1) is 17.4. The molecule has 7 heteroatoms. The number of aromatic nitrogens is 2. The SMILES string of the molecule is CNc1cccc(C)c1COc1cc(C)cnn1.NNC=O. The van der Waals surface area contributed by atoms with Crippen LogP contribution in [0.5, 0.6) is 5.88 Å². The molecule has 118 valence electrons. The number of hydrogen-bond acceptors (Lipinski definition) is 6. The molecule has 0 aliphatic carbocycles. The van der Waals surface area contributed by atoms with E-state index in [0.717, 1.165) is 16.8 Å². The van der Waals surface area contributed by atoms with Gasteiger partial charge in [0.25, 0.3) is 0 Å². The Labute approximate surface area is 129 Å². The van der Waals surface area contributed by atoms with Crippen molar-refractivity contribution in [3.63, 3.8) is 0 Å². The molecule has 0 fully saturated rings. The molecule has 0 spiro atoms. The molecule has 0 aliphatic rings. The molecule has 1 aromatic carbocycles. The van der Waals surface area contributed by atoms with Crippen molar-refractivity contribution in [2.45, 2.75) is 20.5 Å². The fraction of sp³-hybridized carbons (Fsp3) is 0.267. The van der Waals surface area contributed by atoms with Crippen molar-refractivity contribution in [2.75, 3.05) is 12.4 Å². The van der Waals surface area contributed by atoms with Gasteiger partial charge in [-0.15, -0.1) is 5.10 Å². The van der Waals surface area contributed by atoms with Crippen LogP contribution < -0.4 is 21.3 Å². The number of rotatable bonds is 5. The lowest BCUT2D eigenvalue weighted by molar-refractivity contribution is -0.109. The van der Waals surface area contributed by atoms with Crippen LogP contribution in [-0.2, 0) is 11.4 Å². The molecule has 1 amide bonds. The Morgan fingerprint density at radius 2 is 2.09 bits per heavy atom. The van der Waals surface area contributed by atoms with Gasteiger partial charge in [-0.3, -0.25) is 10.2 Å². The summed E-state index contributed by atoms with van der Waals surface area (Å²) < 4.78 is 5.68. The van der Waals surface area contributed by atoms with E-state index in [0.29, 0.717) is 18.9 Å². The second-order valence-corrected chi connectivity index (χ2v) is 4.50. The Hall–Kier alpha value is -2.67. The predicted octanol–water partition coefficient (Wildman–Crippen LogP) is 1.32. The number of nitrogens with zero attached hydrogens (tertiary/aromatic N) is 2. The minimum absolute atomic E-state index is 0.403. The summed E-state index contributed by atoms with van der Waals surface area (Å²) in [5.74, 6) is 4.97. The number of amides is 1. The lowest BCUT2D eigenvalue weighted by atomic mass is 10.1. The van der Waals surface area contributed by atoms with Crippen molar-refractivity contribution in [3.05, 3.63) is 47.2 Å². The Morgan fingerprint density at radius 1 is 1.36 bits per heavy atom. The molecule has 1 heterocycles. The van der Waals surface area contributed by atoms with E-state index >= 15 is 0 Å². The van der Waals surface area contributed by atoms with Gasteiger partial charge in [0.05, 0.1) is 6.20 Å². The highest BCUT2D eigenvalue weighted by Gasteiger charge is 2.06. The summed E-state index contributed by atoms with van der Waals surface area (Å²) in [4.78, 5) is 8.94. The number of hydrazine groups is 1. The summed E-state index contributed by atoms with van der Waals surface area (Å²) in [5.41, 5.74) is 6.21. The number of benzene rings is 1. The summed E-state index contributed by atoms with van der Waals surface area (Å²) in [7, 11) is 1.91. The number of carbonyl (C=O) groups is 1. The van der Waals surface area contributed by atoms with Crippen molar-refractivity contribution in [2.24, 2.45) is 5.84 Å². The number of aryl methyl sites for hydroxylation is 2. The molecule has 1 aromatic heterocycles. The molecule has 0 unspecified atom stereocenters. The monoisotopic (exact) mass is 303 g/mol. The van der Waals surface area contributed by atoms with Gasteiger partial charge in [-0.2, -0.15) is 5.10 Å². The summed E-state index contributed by atoms with van der Waals surface area (Å²) in [6.45, 7) is 4.52. The van der Waals surface area contributed by atoms with Gasteiger partial charge in [0.1, 0.15) is 6.61 Å². The average molecular weight is 303 g/mol. The van der Waals surface area contributed by atoms with Gasteiger partial charge in [-0.25, -0.2) is 5.84 Å². The smallest absolute Gasteiger partial charge is 0.233 e. The zero-order chi connectivity index (χ0) is 16.4. The molecular weight excluding hydrogens is 282 g/mol. The molecule has 7 nitrogen and oxygen atoms in total. The maximum absolute atomic E-state index is 8.94. The van der Waals surface area contributed by atoms with Crippen molar-refractivity contribution in [1.82, 2.24) is 15.6 Å². The third-order valence-electron chi connectivity index (χ3n) is 2.88.